The lowest BCUT2D eigenvalue weighted by molar-refractivity contribution is 0.853. The first-order chi connectivity index (χ1) is 8.99. The van der Waals surface area contributed by atoms with Gasteiger partial charge in [0, 0.05) is 37.2 Å². The van der Waals surface area contributed by atoms with Crippen LogP contribution in [0.4, 0.5) is 5.82 Å². The second-order valence-electron chi connectivity index (χ2n) is 4.96. The topological polar surface area (TPSA) is 41.9 Å². The van der Waals surface area contributed by atoms with Crippen LogP contribution in [0.5, 0.6) is 0 Å². The summed E-state index contributed by atoms with van der Waals surface area (Å²) in [5.41, 5.74) is 4.65. The van der Waals surface area contributed by atoms with Gasteiger partial charge in [-0.1, -0.05) is 0 Å². The van der Waals surface area contributed by atoms with Gasteiger partial charge in [0.25, 0.3) is 0 Å². The number of rotatable bonds is 3. The monoisotopic (exact) mass is 256 g/mol. The molecule has 2 aromatic heterocycles. The van der Waals surface area contributed by atoms with Crippen molar-refractivity contribution >= 4 is 5.82 Å². The molecule has 0 aliphatic rings. The van der Waals surface area contributed by atoms with Crippen molar-refractivity contribution in [2.75, 3.05) is 11.9 Å². The molecule has 0 saturated heterocycles. The Balaban J connectivity index is 2.30. The van der Waals surface area contributed by atoms with Crippen LogP contribution in [0.25, 0.3) is 0 Å². The maximum absolute atomic E-state index is 4.56. The van der Waals surface area contributed by atoms with Crippen molar-refractivity contribution in [1.29, 1.82) is 0 Å². The molecule has 100 valence electrons. The lowest BCUT2D eigenvalue weighted by Gasteiger charge is -2.22. The SMILES string of the molecule is Cc1nc(C)c(C)c(N(C)Cc2ccncc2C)n1. The standard InChI is InChI=1S/C15H20N4/c1-10-8-16-7-6-14(10)9-19(5)15-11(2)12(3)17-13(4)18-15/h6-8H,9H2,1-5H3. The predicted molar refractivity (Wildman–Crippen MR) is 77.3 cm³/mol. The van der Waals surface area contributed by atoms with E-state index in [1.165, 1.54) is 11.1 Å². The summed E-state index contributed by atoms with van der Waals surface area (Å²) in [5, 5.41) is 0. The Labute approximate surface area is 114 Å². The van der Waals surface area contributed by atoms with Crippen molar-refractivity contribution in [3.63, 3.8) is 0 Å². The van der Waals surface area contributed by atoms with Crippen molar-refractivity contribution < 1.29 is 0 Å². The molecule has 4 heteroatoms. The fourth-order valence-corrected chi connectivity index (χ4v) is 2.13. The largest absolute Gasteiger partial charge is 0.355 e. The number of hydrogen-bond acceptors (Lipinski definition) is 4. The van der Waals surface area contributed by atoms with E-state index in [-0.39, 0.29) is 0 Å². The highest BCUT2D eigenvalue weighted by atomic mass is 15.2. The van der Waals surface area contributed by atoms with Crippen LogP contribution in [-0.2, 0) is 6.54 Å². The molecule has 0 amide bonds. The molecule has 0 aliphatic carbocycles. The fourth-order valence-electron chi connectivity index (χ4n) is 2.13. The lowest BCUT2D eigenvalue weighted by Crippen LogP contribution is -2.20. The summed E-state index contributed by atoms with van der Waals surface area (Å²) in [7, 11) is 2.06. The van der Waals surface area contributed by atoms with Gasteiger partial charge in [0.2, 0.25) is 0 Å². The molecule has 0 saturated carbocycles. The molecule has 0 atom stereocenters. The number of aryl methyl sites for hydroxylation is 3. The Morgan fingerprint density at radius 2 is 1.84 bits per heavy atom. The number of pyridine rings is 1. The maximum Gasteiger partial charge on any atom is 0.135 e. The first-order valence-corrected chi connectivity index (χ1v) is 6.41. The van der Waals surface area contributed by atoms with Gasteiger partial charge in [-0.25, -0.2) is 9.97 Å². The molecule has 19 heavy (non-hydrogen) atoms. The molecular formula is C15H20N4. The molecule has 0 bridgehead atoms. The summed E-state index contributed by atoms with van der Waals surface area (Å²) in [6.45, 7) is 8.94. The van der Waals surface area contributed by atoms with Gasteiger partial charge in [-0.15, -0.1) is 0 Å². The highest BCUT2D eigenvalue weighted by molar-refractivity contribution is 5.48. The van der Waals surface area contributed by atoms with Crippen LogP contribution in [-0.4, -0.2) is 22.0 Å². The van der Waals surface area contributed by atoms with Gasteiger partial charge in [0.05, 0.1) is 0 Å². The van der Waals surface area contributed by atoms with E-state index in [2.05, 4.69) is 46.8 Å². The average Bonchev–Trinajstić information content (AvgIpc) is 2.36. The average molecular weight is 256 g/mol. The van der Waals surface area contributed by atoms with Crippen molar-refractivity contribution in [1.82, 2.24) is 15.0 Å². The van der Waals surface area contributed by atoms with E-state index in [1.54, 1.807) is 0 Å². The van der Waals surface area contributed by atoms with Crippen LogP contribution in [0.15, 0.2) is 18.5 Å². The number of nitrogens with zero attached hydrogens (tertiary/aromatic N) is 4. The minimum atomic E-state index is 0.816. The molecule has 4 nitrogen and oxygen atoms in total. The van der Waals surface area contributed by atoms with Crippen LogP contribution >= 0.6 is 0 Å². The zero-order valence-electron chi connectivity index (χ0n) is 12.2. The highest BCUT2D eigenvalue weighted by Gasteiger charge is 2.11. The van der Waals surface area contributed by atoms with E-state index in [1.807, 2.05) is 26.2 Å². The maximum atomic E-state index is 4.56. The molecular weight excluding hydrogens is 236 g/mol. The van der Waals surface area contributed by atoms with Gasteiger partial charge in [-0.2, -0.15) is 0 Å². The Bertz CT molecular complexity index is 593. The van der Waals surface area contributed by atoms with Gasteiger partial charge in [0.1, 0.15) is 11.6 Å². The van der Waals surface area contributed by atoms with Gasteiger partial charge >= 0.3 is 0 Å². The second kappa shape index (κ2) is 5.34. The molecule has 0 spiro atoms. The zero-order valence-corrected chi connectivity index (χ0v) is 12.2. The molecule has 2 rings (SSSR count). The molecule has 2 aromatic rings. The molecule has 0 aliphatic heterocycles. The van der Waals surface area contributed by atoms with E-state index >= 15 is 0 Å². The van der Waals surface area contributed by atoms with Crippen LogP contribution in [0.3, 0.4) is 0 Å². The normalized spacial score (nSPS) is 10.6. The van der Waals surface area contributed by atoms with Crippen molar-refractivity contribution in [2.24, 2.45) is 0 Å². The Morgan fingerprint density at radius 1 is 1.11 bits per heavy atom. The Morgan fingerprint density at radius 3 is 2.53 bits per heavy atom. The quantitative estimate of drug-likeness (QED) is 0.846. The third kappa shape index (κ3) is 2.89. The van der Waals surface area contributed by atoms with Crippen LogP contribution in [0, 0.1) is 27.7 Å². The van der Waals surface area contributed by atoms with Crippen LogP contribution < -0.4 is 4.90 Å². The minimum Gasteiger partial charge on any atom is -0.355 e. The molecule has 0 N–H and O–H groups in total. The van der Waals surface area contributed by atoms with Gasteiger partial charge in [-0.05, 0) is 44.9 Å². The number of aromatic nitrogens is 3. The molecule has 0 unspecified atom stereocenters. The Kier molecular flexibility index (Phi) is 3.79. The van der Waals surface area contributed by atoms with Crippen molar-refractivity contribution in [3.05, 3.63) is 46.7 Å². The smallest absolute Gasteiger partial charge is 0.135 e. The minimum absolute atomic E-state index is 0.816. The highest BCUT2D eigenvalue weighted by Crippen LogP contribution is 2.20. The summed E-state index contributed by atoms with van der Waals surface area (Å²) >= 11 is 0. The third-order valence-corrected chi connectivity index (χ3v) is 3.38. The number of anilines is 1. The fraction of sp³-hybridized carbons (Fsp3) is 0.400. The Hall–Kier alpha value is -1.97. The first-order valence-electron chi connectivity index (χ1n) is 6.41. The van der Waals surface area contributed by atoms with Crippen LogP contribution in [0.2, 0.25) is 0 Å². The number of hydrogen-bond donors (Lipinski definition) is 0. The first kappa shape index (κ1) is 13.5. The van der Waals surface area contributed by atoms with E-state index in [0.29, 0.717) is 0 Å². The summed E-state index contributed by atoms with van der Waals surface area (Å²) < 4.78 is 0. The van der Waals surface area contributed by atoms with Gasteiger partial charge in [-0.3, -0.25) is 4.98 Å². The van der Waals surface area contributed by atoms with Crippen molar-refractivity contribution in [3.8, 4) is 0 Å². The van der Waals surface area contributed by atoms with Crippen LogP contribution in [0.1, 0.15) is 28.2 Å². The van der Waals surface area contributed by atoms with E-state index in [4.69, 9.17) is 0 Å². The summed E-state index contributed by atoms with van der Waals surface area (Å²) in [6, 6.07) is 2.06. The lowest BCUT2D eigenvalue weighted by atomic mass is 10.1. The van der Waals surface area contributed by atoms with Crippen molar-refractivity contribution in [2.45, 2.75) is 34.2 Å². The van der Waals surface area contributed by atoms with Gasteiger partial charge in [0.15, 0.2) is 0 Å². The third-order valence-electron chi connectivity index (χ3n) is 3.38. The van der Waals surface area contributed by atoms with E-state index in [0.717, 1.165) is 29.4 Å². The summed E-state index contributed by atoms with van der Waals surface area (Å²) in [6.07, 6.45) is 3.73. The molecule has 0 radical (unpaired) electrons. The summed E-state index contributed by atoms with van der Waals surface area (Å²) in [5.74, 6) is 1.82. The van der Waals surface area contributed by atoms with E-state index < -0.39 is 0 Å². The molecule has 2 heterocycles. The van der Waals surface area contributed by atoms with E-state index in [9.17, 15) is 0 Å². The molecule has 0 aromatic carbocycles. The summed E-state index contributed by atoms with van der Waals surface area (Å²) in [4.78, 5) is 15.2. The zero-order chi connectivity index (χ0) is 14.0. The van der Waals surface area contributed by atoms with Gasteiger partial charge < -0.3 is 4.90 Å². The predicted octanol–water partition coefficient (Wildman–Crippen LogP) is 2.74. The molecule has 0 fully saturated rings. The second-order valence-corrected chi connectivity index (χ2v) is 4.96.